The molecule has 154 valence electrons. The van der Waals surface area contributed by atoms with Crippen LogP contribution in [0.25, 0.3) is 21.5 Å². The van der Waals surface area contributed by atoms with Gasteiger partial charge in [0.05, 0.1) is 0 Å². The Morgan fingerprint density at radius 1 is 1.30 bits per heavy atom. The van der Waals surface area contributed by atoms with Crippen LogP contribution in [0.5, 0.6) is 5.75 Å². The van der Waals surface area contributed by atoms with Gasteiger partial charge in [-0.25, -0.2) is 0 Å². The molecule has 0 amide bonds. The fourth-order valence-corrected chi connectivity index (χ4v) is 3.85. The Bertz CT molecular complexity index is 1160. The number of aromatic carboxylic acids is 1. The first kappa shape index (κ1) is 21.6. The summed E-state index contributed by atoms with van der Waals surface area (Å²) in [6.45, 7) is 1.58. The summed E-state index contributed by atoms with van der Waals surface area (Å²) in [6, 6.07) is 4.41. The molecule has 1 atom stereocenters. The number of hydrogen-bond donors (Lipinski definition) is 1. The molecule has 12 heteroatoms. The molecule has 0 spiro atoms. The zero-order valence-electron chi connectivity index (χ0n) is 15.6. The third-order valence-electron chi connectivity index (χ3n) is 4.17. The molecule has 0 bridgehead atoms. The molecule has 0 fully saturated rings. The average Bonchev–Trinajstić information content (AvgIpc) is 3.15. The standard InChI is InChI=1S/C18H13BF3N3O4S/c1-8(23-7-19-28)13-15(17(26)27)30-16(25-13)10-3-5-11(29-2)14-9(10)4-6-12(24-14)18(20,21)22/h3-8H,1-2H3,(H,26,27)/b23-7+. The summed E-state index contributed by atoms with van der Waals surface area (Å²) < 4.78 is 54.9. The third-order valence-corrected chi connectivity index (χ3v) is 5.27. The second-order valence-corrected chi connectivity index (χ2v) is 7.05. The predicted molar refractivity (Wildman–Crippen MR) is 105 cm³/mol. The first-order valence-corrected chi connectivity index (χ1v) is 9.25. The van der Waals surface area contributed by atoms with Crippen molar-refractivity contribution in [2.75, 3.05) is 7.11 Å². The van der Waals surface area contributed by atoms with Gasteiger partial charge in [-0.15, -0.1) is 0 Å². The first-order chi connectivity index (χ1) is 14.2. The number of aliphatic imine (C=N–C) groups is 1. The summed E-state index contributed by atoms with van der Waals surface area (Å²) in [5.74, 6) is -1.09. The maximum atomic E-state index is 13.1. The number of fused-ring (bicyclic) bond motifs is 1. The van der Waals surface area contributed by atoms with E-state index in [-0.39, 0.29) is 26.8 Å². The molecule has 0 saturated heterocycles. The van der Waals surface area contributed by atoms with E-state index in [4.69, 9.17) is 4.74 Å². The van der Waals surface area contributed by atoms with E-state index in [1.54, 1.807) is 13.0 Å². The van der Waals surface area contributed by atoms with Gasteiger partial charge >= 0.3 is 159 Å². The van der Waals surface area contributed by atoms with E-state index in [1.807, 2.05) is 0 Å². The van der Waals surface area contributed by atoms with Gasteiger partial charge in [-0.05, 0) is 0 Å². The van der Waals surface area contributed by atoms with Crippen LogP contribution in [0.3, 0.4) is 0 Å². The Morgan fingerprint density at radius 3 is 2.63 bits per heavy atom. The second kappa shape index (κ2) is 8.30. The summed E-state index contributed by atoms with van der Waals surface area (Å²) in [4.78, 5) is 23.5. The number of halogens is 3. The summed E-state index contributed by atoms with van der Waals surface area (Å²) in [6.07, 6.45) is -3.63. The van der Waals surface area contributed by atoms with Crippen molar-refractivity contribution < 1.29 is 32.5 Å². The molecule has 3 aromatic rings. The molecule has 1 aromatic carbocycles. The summed E-state index contributed by atoms with van der Waals surface area (Å²) in [5.41, 5.74) is -0.555. The monoisotopic (exact) mass is 435 g/mol. The van der Waals surface area contributed by atoms with Gasteiger partial charge in [-0.3, -0.25) is 0 Å². The topological polar surface area (TPSA) is 102 Å². The molecule has 30 heavy (non-hydrogen) atoms. The van der Waals surface area contributed by atoms with Crippen LogP contribution in [-0.2, 0) is 10.9 Å². The molecule has 1 unspecified atom stereocenters. The summed E-state index contributed by atoms with van der Waals surface area (Å²) in [5, 5.41) is 10.1. The Morgan fingerprint density at radius 2 is 2.03 bits per heavy atom. The zero-order chi connectivity index (χ0) is 22.1. The van der Waals surface area contributed by atoms with Gasteiger partial charge in [-0.2, -0.15) is 13.2 Å². The second-order valence-electron chi connectivity index (χ2n) is 6.05. The van der Waals surface area contributed by atoms with E-state index in [9.17, 15) is 27.8 Å². The Balaban J connectivity index is 2.23. The Labute approximate surface area is 172 Å². The van der Waals surface area contributed by atoms with Crippen LogP contribution < -0.4 is 4.74 Å². The molecule has 1 N–H and O–H groups in total. The number of carbonyl (C=O) groups is 1. The van der Waals surface area contributed by atoms with Crippen molar-refractivity contribution in [3.8, 4) is 16.3 Å². The van der Waals surface area contributed by atoms with Crippen LogP contribution in [0.1, 0.15) is 34.0 Å². The molecule has 0 saturated carbocycles. The van der Waals surface area contributed by atoms with Crippen LogP contribution in [-0.4, -0.2) is 41.4 Å². The van der Waals surface area contributed by atoms with Gasteiger partial charge in [-0.1, -0.05) is 0 Å². The maximum absolute atomic E-state index is 13.1. The molecule has 0 aliphatic heterocycles. The number of ether oxygens (including phenoxy) is 1. The fourth-order valence-electron chi connectivity index (χ4n) is 2.82. The molecule has 3 rings (SSSR count). The number of nitrogens with zero attached hydrogens (tertiary/aromatic N) is 3. The SMILES string of the molecule is COc1ccc(-c2nc(C(C)/N=C/B=O)c(C(=O)O)s2)c2ccc(C(F)(F)F)nc12. The molecule has 0 aliphatic rings. The van der Waals surface area contributed by atoms with Crippen LogP contribution in [0, 0.1) is 0 Å². The average molecular weight is 435 g/mol. The van der Waals surface area contributed by atoms with E-state index in [2.05, 4.69) is 15.0 Å². The number of rotatable bonds is 6. The van der Waals surface area contributed by atoms with E-state index < -0.39 is 23.9 Å². The van der Waals surface area contributed by atoms with E-state index in [0.29, 0.717) is 18.1 Å². The zero-order valence-corrected chi connectivity index (χ0v) is 16.4. The van der Waals surface area contributed by atoms with Crippen molar-refractivity contribution in [3.05, 3.63) is 40.5 Å². The molecule has 2 heterocycles. The molecular formula is C18H13BF3N3O4S. The quantitative estimate of drug-likeness (QED) is 0.460. The summed E-state index contributed by atoms with van der Waals surface area (Å²) in [7, 11) is 1.78. The first-order valence-electron chi connectivity index (χ1n) is 8.43. The number of carboxylic acids is 1. The van der Waals surface area contributed by atoms with Gasteiger partial charge in [0.1, 0.15) is 0 Å². The molecule has 0 radical (unpaired) electrons. The number of thiazole rings is 1. The molecule has 2 aromatic heterocycles. The Hall–Kier alpha value is -3.15. The van der Waals surface area contributed by atoms with Crippen LogP contribution in [0.2, 0.25) is 0 Å². The number of hydrogen-bond acceptors (Lipinski definition) is 7. The van der Waals surface area contributed by atoms with Crippen molar-refractivity contribution in [2.45, 2.75) is 19.1 Å². The van der Waals surface area contributed by atoms with Crippen molar-refractivity contribution >= 4 is 41.5 Å². The van der Waals surface area contributed by atoms with Crippen molar-refractivity contribution in [1.29, 1.82) is 0 Å². The van der Waals surface area contributed by atoms with Crippen molar-refractivity contribution in [3.63, 3.8) is 0 Å². The Kier molecular flexibility index (Phi) is 5.97. The third kappa shape index (κ3) is 4.08. The van der Waals surface area contributed by atoms with Crippen molar-refractivity contribution in [2.24, 2.45) is 4.99 Å². The van der Waals surface area contributed by atoms with Gasteiger partial charge in [0.2, 0.25) is 0 Å². The van der Waals surface area contributed by atoms with E-state index in [0.717, 1.165) is 23.5 Å². The normalized spacial score (nSPS) is 12.8. The van der Waals surface area contributed by atoms with Gasteiger partial charge < -0.3 is 0 Å². The minimum atomic E-state index is -4.63. The number of methoxy groups -OCH3 is 1. The number of pyridine rings is 1. The number of aromatic nitrogens is 2. The van der Waals surface area contributed by atoms with Crippen LogP contribution >= 0.6 is 11.3 Å². The predicted octanol–water partition coefficient (Wildman–Crippen LogP) is 4.22. The van der Waals surface area contributed by atoms with Gasteiger partial charge in [0, 0.05) is 0 Å². The number of benzene rings is 1. The van der Waals surface area contributed by atoms with Gasteiger partial charge in [0.15, 0.2) is 0 Å². The van der Waals surface area contributed by atoms with Crippen LogP contribution in [0.15, 0.2) is 29.3 Å². The summed E-state index contributed by atoms with van der Waals surface area (Å²) >= 11 is 0.857. The number of carboxylic acid groups (broad SMARTS) is 1. The molecular weight excluding hydrogens is 422 g/mol. The van der Waals surface area contributed by atoms with E-state index in [1.165, 1.54) is 19.2 Å². The fraction of sp³-hybridized carbons (Fsp3) is 0.222. The van der Waals surface area contributed by atoms with Gasteiger partial charge in [0.25, 0.3) is 0 Å². The van der Waals surface area contributed by atoms with Crippen LogP contribution in [0.4, 0.5) is 13.2 Å². The molecule has 7 nitrogen and oxygen atoms in total. The van der Waals surface area contributed by atoms with Crippen molar-refractivity contribution in [1.82, 2.24) is 9.97 Å². The number of alkyl halides is 3. The molecule has 0 aliphatic carbocycles. The van der Waals surface area contributed by atoms with E-state index >= 15 is 0 Å². The minimum absolute atomic E-state index is 0.0227.